The zero-order valence-corrected chi connectivity index (χ0v) is 14.5. The van der Waals surface area contributed by atoms with Crippen LogP contribution in [0.3, 0.4) is 0 Å². The minimum atomic E-state index is -0.570. The number of urea groups is 1. The van der Waals surface area contributed by atoms with Crippen LogP contribution in [0.25, 0.3) is 0 Å². The van der Waals surface area contributed by atoms with Crippen molar-refractivity contribution >= 4 is 29.4 Å². The Labute approximate surface area is 145 Å². The van der Waals surface area contributed by atoms with Crippen LogP contribution in [0.2, 0.25) is 0 Å². The lowest BCUT2D eigenvalue weighted by Gasteiger charge is -2.35. The minimum absolute atomic E-state index is 0.0821. The molecule has 8 nitrogen and oxygen atoms in total. The van der Waals surface area contributed by atoms with Gasteiger partial charge in [0.25, 0.3) is 0 Å². The Balaban J connectivity index is 1.55. The van der Waals surface area contributed by atoms with Crippen molar-refractivity contribution in [3.05, 3.63) is 24.3 Å². The molecule has 0 spiro atoms. The molecule has 2 aliphatic rings. The number of ether oxygens (including phenoxy) is 1. The number of hydrogen-bond acceptors (Lipinski definition) is 4. The molecular weight excluding hydrogens is 324 g/mol. The lowest BCUT2D eigenvalue weighted by Crippen LogP contribution is -2.65. The quantitative estimate of drug-likeness (QED) is 0.714. The Kier molecular flexibility index (Phi) is 4.28. The molecule has 4 amide bonds. The molecule has 0 bridgehead atoms. The number of anilines is 2. The molecule has 1 aromatic rings. The summed E-state index contributed by atoms with van der Waals surface area (Å²) in [5.41, 5.74) is 0.578. The summed E-state index contributed by atoms with van der Waals surface area (Å²) in [5.74, 6) is -0.102. The number of carbonyl (C=O) groups excluding carboxylic acids is 3. The number of carbonyl (C=O) groups is 3. The summed E-state index contributed by atoms with van der Waals surface area (Å²) in [6.45, 7) is 5.92. The average molecular weight is 346 g/mol. The van der Waals surface area contributed by atoms with E-state index in [4.69, 9.17) is 4.74 Å². The first-order chi connectivity index (χ1) is 11.7. The number of hydrogen-bond donors (Lipinski definition) is 3. The van der Waals surface area contributed by atoms with Gasteiger partial charge < -0.3 is 20.3 Å². The lowest BCUT2D eigenvalue weighted by atomic mass is 10.0. The molecule has 0 aliphatic carbocycles. The zero-order chi connectivity index (χ0) is 18.2. The largest absolute Gasteiger partial charge is 0.444 e. The van der Waals surface area contributed by atoms with Gasteiger partial charge in [-0.2, -0.15) is 0 Å². The molecule has 2 aliphatic heterocycles. The number of rotatable bonds is 2. The van der Waals surface area contributed by atoms with E-state index in [1.807, 2.05) is 0 Å². The molecule has 25 heavy (non-hydrogen) atoms. The Morgan fingerprint density at radius 1 is 1.16 bits per heavy atom. The number of β-lactam (4-membered cyclic amide) rings is 1. The third-order valence-electron chi connectivity index (χ3n) is 4.04. The third kappa shape index (κ3) is 3.84. The van der Waals surface area contributed by atoms with Crippen molar-refractivity contribution in [1.29, 1.82) is 0 Å². The summed E-state index contributed by atoms with van der Waals surface area (Å²) in [6.07, 6.45) is 0.242. The molecule has 2 saturated heterocycles. The van der Waals surface area contributed by atoms with Gasteiger partial charge in [-0.3, -0.25) is 10.1 Å². The van der Waals surface area contributed by atoms with Crippen molar-refractivity contribution in [2.45, 2.75) is 44.9 Å². The summed E-state index contributed by atoms with van der Waals surface area (Å²) in [6, 6.07) is 6.13. The van der Waals surface area contributed by atoms with Crippen LogP contribution >= 0.6 is 0 Å². The Hall–Kier alpha value is -2.77. The highest BCUT2D eigenvalue weighted by molar-refractivity contribution is 5.98. The molecule has 3 N–H and O–H groups in total. The molecule has 0 aromatic heterocycles. The number of nitrogens with zero attached hydrogens (tertiary/aromatic N) is 1. The molecule has 134 valence electrons. The van der Waals surface area contributed by atoms with Crippen LogP contribution in [0.15, 0.2) is 24.3 Å². The molecule has 0 saturated carbocycles. The van der Waals surface area contributed by atoms with E-state index in [0.717, 1.165) is 6.42 Å². The summed E-state index contributed by atoms with van der Waals surface area (Å²) >= 11 is 0. The van der Waals surface area contributed by atoms with E-state index in [2.05, 4.69) is 16.0 Å². The monoisotopic (exact) mass is 346 g/mol. The van der Waals surface area contributed by atoms with Crippen molar-refractivity contribution in [3.63, 3.8) is 0 Å². The Bertz CT molecular complexity index is 696. The van der Waals surface area contributed by atoms with Gasteiger partial charge in [0.05, 0.1) is 6.04 Å². The van der Waals surface area contributed by atoms with Crippen molar-refractivity contribution < 1.29 is 19.1 Å². The summed E-state index contributed by atoms with van der Waals surface area (Å²) in [4.78, 5) is 37.1. The molecule has 0 radical (unpaired) electrons. The maximum Gasteiger partial charge on any atom is 0.412 e. The first-order valence-corrected chi connectivity index (χ1v) is 8.21. The van der Waals surface area contributed by atoms with Crippen molar-refractivity contribution in [2.75, 3.05) is 17.2 Å². The van der Waals surface area contributed by atoms with Gasteiger partial charge in [0, 0.05) is 17.9 Å². The molecule has 2 atom stereocenters. The van der Waals surface area contributed by atoms with Gasteiger partial charge in [0.1, 0.15) is 11.6 Å². The summed E-state index contributed by atoms with van der Waals surface area (Å²) < 4.78 is 5.18. The number of likely N-dealkylation sites (tertiary alicyclic amines) is 1. The highest BCUT2D eigenvalue weighted by Gasteiger charge is 2.49. The second kappa shape index (κ2) is 6.27. The normalized spacial score (nSPS) is 21.7. The Morgan fingerprint density at radius 2 is 1.76 bits per heavy atom. The fraction of sp³-hybridized carbons (Fsp3) is 0.471. The molecule has 2 heterocycles. The van der Waals surface area contributed by atoms with Crippen LogP contribution in [0.5, 0.6) is 0 Å². The minimum Gasteiger partial charge on any atom is -0.444 e. The van der Waals surface area contributed by atoms with Crippen LogP contribution in [-0.2, 0) is 9.53 Å². The average Bonchev–Trinajstić information content (AvgIpc) is 2.84. The second-order valence-corrected chi connectivity index (χ2v) is 7.18. The highest BCUT2D eigenvalue weighted by Crippen LogP contribution is 2.26. The smallest absolute Gasteiger partial charge is 0.412 e. The standard InChI is InChI=1S/C17H22N4O4/c1-17(2,3)25-16(24)19-11-6-4-10(5-7-11)18-15(23)21-9-8-12-13(21)14(22)20-12/h4-7,12-13H,8-9H2,1-3H3,(H,18,23)(H,19,24)(H,20,22). The van der Waals surface area contributed by atoms with Gasteiger partial charge in [-0.1, -0.05) is 0 Å². The SMILES string of the molecule is CC(C)(C)OC(=O)Nc1ccc(NC(=O)N2CCC3NC(=O)C32)cc1. The molecule has 1 aromatic carbocycles. The molecule has 2 unspecified atom stereocenters. The van der Waals surface area contributed by atoms with E-state index in [1.165, 1.54) is 0 Å². The first-order valence-electron chi connectivity index (χ1n) is 8.21. The number of fused-ring (bicyclic) bond motifs is 1. The van der Waals surface area contributed by atoms with E-state index in [9.17, 15) is 14.4 Å². The maximum atomic E-state index is 12.3. The van der Waals surface area contributed by atoms with E-state index in [-0.39, 0.29) is 24.0 Å². The second-order valence-electron chi connectivity index (χ2n) is 7.18. The number of amides is 4. The van der Waals surface area contributed by atoms with Crippen LogP contribution in [0.1, 0.15) is 27.2 Å². The topological polar surface area (TPSA) is 99.8 Å². The third-order valence-corrected chi connectivity index (χ3v) is 4.04. The fourth-order valence-corrected chi connectivity index (χ4v) is 2.92. The molecular formula is C17H22N4O4. The zero-order valence-electron chi connectivity index (χ0n) is 14.5. The molecule has 3 rings (SSSR count). The number of benzene rings is 1. The molecule has 2 fully saturated rings. The van der Waals surface area contributed by atoms with Gasteiger partial charge in [0.2, 0.25) is 5.91 Å². The van der Waals surface area contributed by atoms with E-state index in [1.54, 1.807) is 49.9 Å². The van der Waals surface area contributed by atoms with Gasteiger partial charge in [0.15, 0.2) is 0 Å². The lowest BCUT2D eigenvalue weighted by molar-refractivity contribution is -0.132. The van der Waals surface area contributed by atoms with Crippen LogP contribution in [0, 0.1) is 0 Å². The molecule has 8 heteroatoms. The summed E-state index contributed by atoms with van der Waals surface area (Å²) in [7, 11) is 0. The van der Waals surface area contributed by atoms with Gasteiger partial charge in [-0.25, -0.2) is 9.59 Å². The van der Waals surface area contributed by atoms with Crippen molar-refractivity contribution in [3.8, 4) is 0 Å². The van der Waals surface area contributed by atoms with E-state index in [0.29, 0.717) is 17.9 Å². The van der Waals surface area contributed by atoms with E-state index < -0.39 is 11.7 Å². The van der Waals surface area contributed by atoms with Gasteiger partial charge in [-0.05, 0) is 51.5 Å². The summed E-state index contributed by atoms with van der Waals surface area (Å²) in [5, 5.41) is 8.18. The Morgan fingerprint density at radius 3 is 2.32 bits per heavy atom. The van der Waals surface area contributed by atoms with Crippen LogP contribution < -0.4 is 16.0 Å². The van der Waals surface area contributed by atoms with Crippen molar-refractivity contribution in [2.24, 2.45) is 0 Å². The van der Waals surface area contributed by atoms with Gasteiger partial charge >= 0.3 is 12.1 Å². The van der Waals surface area contributed by atoms with E-state index >= 15 is 0 Å². The fourth-order valence-electron chi connectivity index (χ4n) is 2.92. The predicted molar refractivity (Wildman–Crippen MR) is 92.4 cm³/mol. The predicted octanol–water partition coefficient (Wildman–Crippen LogP) is 2.14. The number of nitrogens with one attached hydrogen (secondary N) is 3. The maximum absolute atomic E-state index is 12.3. The first kappa shape index (κ1) is 17.1. The van der Waals surface area contributed by atoms with Gasteiger partial charge in [-0.15, -0.1) is 0 Å². The highest BCUT2D eigenvalue weighted by atomic mass is 16.6. The van der Waals surface area contributed by atoms with Crippen LogP contribution in [-0.4, -0.2) is 47.2 Å². The van der Waals surface area contributed by atoms with Crippen LogP contribution in [0.4, 0.5) is 21.0 Å². The van der Waals surface area contributed by atoms with Crippen molar-refractivity contribution in [1.82, 2.24) is 10.2 Å².